The second-order valence-electron chi connectivity index (χ2n) is 5.51. The van der Waals surface area contributed by atoms with Crippen LogP contribution in [-0.4, -0.2) is 6.54 Å². The van der Waals surface area contributed by atoms with Gasteiger partial charge in [-0.05, 0) is 66.6 Å². The Balaban J connectivity index is 1.70. The maximum atomic E-state index is 8.85. The summed E-state index contributed by atoms with van der Waals surface area (Å²) < 4.78 is 0. The van der Waals surface area contributed by atoms with Crippen LogP contribution in [0.5, 0.6) is 0 Å². The Bertz CT molecular complexity index is 887. The van der Waals surface area contributed by atoms with Crippen molar-refractivity contribution >= 4 is 17.1 Å². The number of anilines is 1. The van der Waals surface area contributed by atoms with Crippen molar-refractivity contribution in [3.63, 3.8) is 0 Å². The molecule has 3 aromatic carbocycles. The smallest absolute Gasteiger partial charge is 0.0991 e. The summed E-state index contributed by atoms with van der Waals surface area (Å²) in [5.74, 6) is 0. The van der Waals surface area contributed by atoms with E-state index in [2.05, 4.69) is 28.5 Å². The molecule has 0 amide bonds. The van der Waals surface area contributed by atoms with Gasteiger partial charge in [0.25, 0.3) is 0 Å². The Labute approximate surface area is 147 Å². The lowest BCUT2D eigenvalue weighted by Gasteiger charge is -2.03. The van der Waals surface area contributed by atoms with Crippen molar-refractivity contribution in [3.05, 3.63) is 78.4 Å². The quantitative estimate of drug-likeness (QED) is 0.578. The first kappa shape index (κ1) is 16.4. The third kappa shape index (κ3) is 4.30. The predicted octanol–water partition coefficient (Wildman–Crippen LogP) is 6.07. The maximum Gasteiger partial charge on any atom is 0.0991 e. The molecule has 25 heavy (non-hydrogen) atoms. The van der Waals surface area contributed by atoms with E-state index >= 15 is 0 Å². The monoisotopic (exact) mass is 326 g/mol. The Morgan fingerprint density at radius 1 is 0.760 bits per heavy atom. The zero-order valence-corrected chi connectivity index (χ0v) is 14.0. The van der Waals surface area contributed by atoms with Gasteiger partial charge in [0, 0.05) is 12.2 Å². The van der Waals surface area contributed by atoms with Gasteiger partial charge in [-0.3, -0.25) is 0 Å². The van der Waals surface area contributed by atoms with Crippen LogP contribution >= 0.6 is 0 Å². The standard InChI is InChI=1S/C21H18N4/c1-2-23-19-11-13-21(14-12-19)25-24-20-9-7-18(8-10-20)17-5-3-16(15-22)4-6-17/h3-14,23H,2H2,1H3. The van der Waals surface area contributed by atoms with Gasteiger partial charge in [-0.25, -0.2) is 0 Å². The Morgan fingerprint density at radius 2 is 1.24 bits per heavy atom. The van der Waals surface area contributed by atoms with Crippen molar-refractivity contribution in [1.82, 2.24) is 0 Å². The van der Waals surface area contributed by atoms with E-state index in [1.54, 1.807) is 0 Å². The van der Waals surface area contributed by atoms with Gasteiger partial charge in [-0.2, -0.15) is 15.5 Å². The number of hydrogen-bond acceptors (Lipinski definition) is 4. The average Bonchev–Trinajstić information content (AvgIpc) is 2.68. The van der Waals surface area contributed by atoms with Crippen molar-refractivity contribution < 1.29 is 0 Å². The number of nitrogens with one attached hydrogen (secondary N) is 1. The zero-order chi connectivity index (χ0) is 17.5. The van der Waals surface area contributed by atoms with Crippen LogP contribution in [0.4, 0.5) is 17.1 Å². The summed E-state index contributed by atoms with van der Waals surface area (Å²) in [6.07, 6.45) is 0. The van der Waals surface area contributed by atoms with Crippen LogP contribution in [0.15, 0.2) is 83.0 Å². The molecule has 4 heteroatoms. The molecule has 0 aliphatic rings. The maximum absolute atomic E-state index is 8.85. The molecule has 0 aliphatic heterocycles. The number of azo groups is 1. The molecule has 0 fully saturated rings. The molecule has 0 aliphatic carbocycles. The lowest BCUT2D eigenvalue weighted by Crippen LogP contribution is -1.94. The number of nitrogens with zero attached hydrogens (tertiary/aromatic N) is 3. The highest BCUT2D eigenvalue weighted by atomic mass is 15.1. The van der Waals surface area contributed by atoms with Crippen LogP contribution in [0.3, 0.4) is 0 Å². The summed E-state index contributed by atoms with van der Waals surface area (Å²) in [7, 11) is 0. The Hall–Kier alpha value is -3.45. The van der Waals surface area contributed by atoms with Crippen molar-refractivity contribution in [2.24, 2.45) is 10.2 Å². The normalized spacial score (nSPS) is 10.6. The topological polar surface area (TPSA) is 60.5 Å². The van der Waals surface area contributed by atoms with E-state index in [9.17, 15) is 0 Å². The van der Waals surface area contributed by atoms with Crippen LogP contribution in [0.1, 0.15) is 12.5 Å². The van der Waals surface area contributed by atoms with Crippen LogP contribution in [-0.2, 0) is 0 Å². The van der Waals surface area contributed by atoms with E-state index < -0.39 is 0 Å². The minimum Gasteiger partial charge on any atom is -0.385 e. The van der Waals surface area contributed by atoms with Crippen LogP contribution < -0.4 is 5.32 Å². The fraction of sp³-hybridized carbons (Fsp3) is 0.0952. The Morgan fingerprint density at radius 3 is 1.72 bits per heavy atom. The number of hydrogen-bond donors (Lipinski definition) is 1. The molecule has 0 saturated heterocycles. The fourth-order valence-electron chi connectivity index (χ4n) is 2.42. The van der Waals surface area contributed by atoms with Crippen LogP contribution in [0.25, 0.3) is 11.1 Å². The number of benzene rings is 3. The molecule has 0 atom stereocenters. The van der Waals surface area contributed by atoms with Crippen LogP contribution in [0, 0.1) is 11.3 Å². The largest absolute Gasteiger partial charge is 0.385 e. The van der Waals surface area contributed by atoms with Crippen molar-refractivity contribution in [1.29, 1.82) is 5.26 Å². The molecule has 3 rings (SSSR count). The van der Waals surface area contributed by atoms with E-state index in [4.69, 9.17) is 5.26 Å². The van der Waals surface area contributed by atoms with Gasteiger partial charge in [0.05, 0.1) is 23.0 Å². The average molecular weight is 326 g/mol. The van der Waals surface area contributed by atoms with Crippen molar-refractivity contribution in [2.75, 3.05) is 11.9 Å². The summed E-state index contributed by atoms with van der Waals surface area (Å²) in [6.45, 7) is 2.96. The highest BCUT2D eigenvalue weighted by Crippen LogP contribution is 2.25. The van der Waals surface area contributed by atoms with Gasteiger partial charge in [0.1, 0.15) is 0 Å². The molecule has 0 radical (unpaired) electrons. The summed E-state index contributed by atoms with van der Waals surface area (Å²) in [4.78, 5) is 0. The first-order valence-electron chi connectivity index (χ1n) is 8.15. The molecule has 0 bridgehead atoms. The predicted molar refractivity (Wildman–Crippen MR) is 101 cm³/mol. The lowest BCUT2D eigenvalue weighted by molar-refractivity contribution is 1.20. The molecule has 0 saturated carbocycles. The first-order valence-corrected chi connectivity index (χ1v) is 8.15. The molecule has 1 N–H and O–H groups in total. The minimum atomic E-state index is 0.661. The van der Waals surface area contributed by atoms with Gasteiger partial charge in [0.2, 0.25) is 0 Å². The summed E-state index contributed by atoms with van der Waals surface area (Å²) in [5, 5.41) is 20.6. The van der Waals surface area contributed by atoms with E-state index in [0.717, 1.165) is 34.7 Å². The van der Waals surface area contributed by atoms with E-state index in [-0.39, 0.29) is 0 Å². The molecule has 0 aromatic heterocycles. The molecule has 0 heterocycles. The lowest BCUT2D eigenvalue weighted by atomic mass is 10.0. The van der Waals surface area contributed by atoms with Gasteiger partial charge in [-0.15, -0.1) is 0 Å². The molecule has 122 valence electrons. The second kappa shape index (κ2) is 7.89. The molecular weight excluding hydrogens is 308 g/mol. The fourth-order valence-corrected chi connectivity index (χ4v) is 2.42. The van der Waals surface area contributed by atoms with E-state index in [1.807, 2.05) is 72.8 Å². The molecule has 3 aromatic rings. The van der Waals surface area contributed by atoms with Crippen molar-refractivity contribution in [2.45, 2.75) is 6.92 Å². The van der Waals surface area contributed by atoms with Gasteiger partial charge in [0.15, 0.2) is 0 Å². The molecule has 0 unspecified atom stereocenters. The third-order valence-electron chi connectivity index (χ3n) is 3.74. The Kier molecular flexibility index (Phi) is 5.18. The summed E-state index contributed by atoms with van der Waals surface area (Å²) >= 11 is 0. The van der Waals surface area contributed by atoms with E-state index in [0.29, 0.717) is 5.56 Å². The summed E-state index contributed by atoms with van der Waals surface area (Å²) in [5.41, 5.74) is 5.51. The molecule has 0 spiro atoms. The molecular formula is C21H18N4. The first-order chi connectivity index (χ1) is 12.3. The highest BCUT2D eigenvalue weighted by Gasteiger charge is 1.99. The minimum absolute atomic E-state index is 0.661. The zero-order valence-electron chi connectivity index (χ0n) is 14.0. The van der Waals surface area contributed by atoms with Crippen LogP contribution in [0.2, 0.25) is 0 Å². The summed E-state index contributed by atoms with van der Waals surface area (Å²) in [6, 6.07) is 25.4. The molecule has 4 nitrogen and oxygen atoms in total. The SMILES string of the molecule is CCNc1ccc(N=Nc2ccc(-c3ccc(C#N)cc3)cc2)cc1. The van der Waals surface area contributed by atoms with E-state index in [1.165, 1.54) is 0 Å². The number of rotatable bonds is 5. The van der Waals surface area contributed by atoms with Gasteiger partial charge < -0.3 is 5.32 Å². The highest BCUT2D eigenvalue weighted by molar-refractivity contribution is 5.66. The second-order valence-corrected chi connectivity index (χ2v) is 5.51. The van der Waals surface area contributed by atoms with Gasteiger partial charge in [-0.1, -0.05) is 24.3 Å². The third-order valence-corrected chi connectivity index (χ3v) is 3.74. The van der Waals surface area contributed by atoms with Crippen molar-refractivity contribution in [3.8, 4) is 17.2 Å². The number of nitriles is 1. The van der Waals surface area contributed by atoms with Gasteiger partial charge >= 0.3 is 0 Å².